The maximum atomic E-state index is 12.1. The first-order valence-corrected chi connectivity index (χ1v) is 11.2. The minimum atomic E-state index is -0.500. The monoisotopic (exact) mass is 492 g/mol. The Hall–Kier alpha value is -2.55. The third-order valence-electron chi connectivity index (χ3n) is 4.27. The van der Waals surface area contributed by atoms with Crippen molar-refractivity contribution in [3.63, 3.8) is 0 Å². The first-order chi connectivity index (χ1) is 15.9. The molecule has 0 saturated heterocycles. The van der Waals surface area contributed by atoms with Crippen molar-refractivity contribution in [3.8, 4) is 11.1 Å². The average Bonchev–Trinajstić information content (AvgIpc) is 2.74. The van der Waals surface area contributed by atoms with Crippen LogP contribution in [0.4, 0.5) is 0 Å². The zero-order chi connectivity index (χ0) is 25.9. The molecule has 0 aliphatic rings. The molecule has 186 valence electrons. The number of ether oxygens (including phenoxy) is 1. The summed E-state index contributed by atoms with van der Waals surface area (Å²) >= 11 is 6.04. The molecular weight excluding hydrogens is 458 g/mol. The van der Waals surface area contributed by atoms with Gasteiger partial charge in [0.25, 0.3) is 0 Å². The summed E-state index contributed by atoms with van der Waals surface area (Å²) in [5.41, 5.74) is 4.24. The fourth-order valence-corrected chi connectivity index (χ4v) is 3.16. The number of aliphatic hydroxyl groups is 1. The van der Waals surface area contributed by atoms with Crippen LogP contribution in [0.15, 0.2) is 46.9 Å². The van der Waals surface area contributed by atoms with Gasteiger partial charge in [-0.1, -0.05) is 23.7 Å². The van der Waals surface area contributed by atoms with Gasteiger partial charge in [-0.25, -0.2) is 9.30 Å². The number of aryl methyl sites for hydroxylation is 2. The molecule has 0 unspecified atom stereocenters. The van der Waals surface area contributed by atoms with Gasteiger partial charge in [-0.05, 0) is 69.5 Å². The van der Waals surface area contributed by atoms with Crippen LogP contribution in [0.3, 0.4) is 0 Å². The minimum Gasteiger partial charge on any atom is -0.466 e. The van der Waals surface area contributed by atoms with Gasteiger partial charge in [0.05, 0.1) is 38.0 Å². The predicted octanol–water partition coefficient (Wildman–Crippen LogP) is 5.97. The third-order valence-corrected chi connectivity index (χ3v) is 4.52. The standard InChI is InChI=1S/C21H20ClO3.C4H10O.CH5NO2/c1-4-24-20(23)12-18-13(2)11-19-17(10-5-14(3)25-19)21(18)15-6-8-16(22)9-7-15;1-4(2,3)5;1-3-4-2/h5-11H,4,12H2,1-3H3;5H,1-3H3;2H2,1H3/q+1;;. The van der Waals surface area contributed by atoms with Crippen LogP contribution in [0.2, 0.25) is 5.02 Å². The smallest absolute Gasteiger partial charge is 0.361 e. The van der Waals surface area contributed by atoms with Gasteiger partial charge < -0.3 is 9.84 Å². The van der Waals surface area contributed by atoms with Gasteiger partial charge in [0.2, 0.25) is 0 Å². The van der Waals surface area contributed by atoms with Gasteiger partial charge in [-0.3, -0.25) is 4.79 Å². The molecule has 2 aromatic carbocycles. The summed E-state index contributed by atoms with van der Waals surface area (Å²) in [5, 5.41) is 10.2. The Balaban J connectivity index is 0.000000550. The van der Waals surface area contributed by atoms with Crippen molar-refractivity contribution in [1.29, 1.82) is 0 Å². The number of hydrogen-bond acceptors (Lipinski definition) is 6. The molecule has 3 aromatic rings. The molecule has 0 spiro atoms. The van der Waals surface area contributed by atoms with Gasteiger partial charge in [0.15, 0.2) is 0 Å². The van der Waals surface area contributed by atoms with Crippen LogP contribution in [0.5, 0.6) is 0 Å². The maximum Gasteiger partial charge on any atom is 0.361 e. The second-order valence-electron chi connectivity index (χ2n) is 8.43. The predicted molar refractivity (Wildman–Crippen MR) is 135 cm³/mol. The summed E-state index contributed by atoms with van der Waals surface area (Å²) in [6, 6.07) is 13.6. The summed E-state index contributed by atoms with van der Waals surface area (Å²) in [6.07, 6.45) is 0.224. The van der Waals surface area contributed by atoms with Crippen molar-refractivity contribution < 1.29 is 28.9 Å². The second kappa shape index (κ2) is 14.0. The van der Waals surface area contributed by atoms with E-state index in [0.29, 0.717) is 11.6 Å². The quantitative estimate of drug-likeness (QED) is 0.196. The van der Waals surface area contributed by atoms with E-state index in [1.54, 1.807) is 20.8 Å². The molecule has 0 radical (unpaired) electrons. The van der Waals surface area contributed by atoms with Crippen molar-refractivity contribution >= 4 is 28.5 Å². The maximum absolute atomic E-state index is 12.1. The molecule has 0 bridgehead atoms. The molecule has 8 heteroatoms. The van der Waals surface area contributed by atoms with Gasteiger partial charge in [0, 0.05) is 22.7 Å². The van der Waals surface area contributed by atoms with Crippen LogP contribution < -0.4 is 5.90 Å². The zero-order valence-electron chi connectivity index (χ0n) is 20.9. The lowest BCUT2D eigenvalue weighted by atomic mass is 9.90. The number of fused-ring (bicyclic) bond motifs is 1. The van der Waals surface area contributed by atoms with Crippen molar-refractivity contribution in [2.45, 2.75) is 53.6 Å². The lowest BCUT2D eigenvalue weighted by Gasteiger charge is -2.13. The van der Waals surface area contributed by atoms with Crippen LogP contribution in [0, 0.1) is 13.8 Å². The zero-order valence-corrected chi connectivity index (χ0v) is 21.7. The summed E-state index contributed by atoms with van der Waals surface area (Å²) in [4.78, 5) is 19.5. The van der Waals surface area contributed by atoms with E-state index in [1.165, 1.54) is 7.11 Å². The molecular formula is C26H35ClNO6+. The van der Waals surface area contributed by atoms with Crippen LogP contribution in [0.1, 0.15) is 44.6 Å². The number of carbonyl (C=O) groups excluding carboxylic acids is 1. The summed E-state index contributed by atoms with van der Waals surface area (Å²) in [6.45, 7) is 11.3. The topological polar surface area (TPSA) is 102 Å². The number of esters is 1. The number of carbonyl (C=O) groups is 1. The van der Waals surface area contributed by atoms with E-state index in [1.807, 2.05) is 63.2 Å². The highest BCUT2D eigenvalue weighted by atomic mass is 35.5. The van der Waals surface area contributed by atoms with Gasteiger partial charge in [0.1, 0.15) is 0 Å². The lowest BCUT2D eigenvalue weighted by molar-refractivity contribution is -0.277. The highest BCUT2D eigenvalue weighted by Gasteiger charge is 2.21. The summed E-state index contributed by atoms with van der Waals surface area (Å²) < 4.78 is 11.1. The van der Waals surface area contributed by atoms with Crippen LogP contribution in [0.25, 0.3) is 22.1 Å². The van der Waals surface area contributed by atoms with Crippen molar-refractivity contribution in [1.82, 2.24) is 0 Å². The molecule has 1 aromatic heterocycles. The van der Waals surface area contributed by atoms with E-state index in [0.717, 1.165) is 39.0 Å². The minimum absolute atomic E-state index is 0.224. The third kappa shape index (κ3) is 10.2. The van der Waals surface area contributed by atoms with Crippen LogP contribution in [-0.4, -0.2) is 30.4 Å². The van der Waals surface area contributed by atoms with E-state index in [-0.39, 0.29) is 12.4 Å². The highest BCUT2D eigenvalue weighted by molar-refractivity contribution is 6.30. The van der Waals surface area contributed by atoms with Gasteiger partial charge >= 0.3 is 17.3 Å². The fraction of sp³-hybridized carbons (Fsp3) is 0.385. The summed E-state index contributed by atoms with van der Waals surface area (Å²) in [7, 11) is 1.33. The number of nitrogens with two attached hydrogens (primary N) is 1. The van der Waals surface area contributed by atoms with Crippen LogP contribution in [-0.2, 0) is 25.8 Å². The Morgan fingerprint density at radius 3 is 2.18 bits per heavy atom. The van der Waals surface area contributed by atoms with E-state index in [9.17, 15) is 4.79 Å². The molecule has 0 aliphatic carbocycles. The Bertz CT molecular complexity index is 1050. The number of benzene rings is 2. The van der Waals surface area contributed by atoms with E-state index in [4.69, 9.17) is 25.9 Å². The molecule has 0 amide bonds. The molecule has 7 nitrogen and oxygen atoms in total. The van der Waals surface area contributed by atoms with Crippen LogP contribution >= 0.6 is 11.6 Å². The first-order valence-electron chi connectivity index (χ1n) is 10.8. The molecule has 0 saturated carbocycles. The van der Waals surface area contributed by atoms with Crippen molar-refractivity contribution in [2.24, 2.45) is 5.90 Å². The number of halogens is 1. The average molecular weight is 493 g/mol. The Morgan fingerprint density at radius 2 is 1.68 bits per heavy atom. The van der Waals surface area contributed by atoms with Crippen molar-refractivity contribution in [3.05, 3.63) is 64.4 Å². The number of hydrogen-bond donors (Lipinski definition) is 2. The SMILES string of the molecule is CC(C)(C)O.CCOC(=O)Cc1c(C)cc2[o+]c(C)ccc2c1-c1ccc(Cl)cc1.COON. The molecule has 0 fully saturated rings. The highest BCUT2D eigenvalue weighted by Crippen LogP contribution is 2.36. The Kier molecular flexibility index (Phi) is 12.1. The largest absolute Gasteiger partial charge is 0.466 e. The van der Waals surface area contributed by atoms with E-state index < -0.39 is 5.60 Å². The molecule has 0 aliphatic heterocycles. The molecule has 1 heterocycles. The fourth-order valence-electron chi connectivity index (χ4n) is 3.03. The first kappa shape index (κ1) is 29.5. The van der Waals surface area contributed by atoms with Crippen molar-refractivity contribution in [2.75, 3.05) is 13.7 Å². The Labute approximate surface area is 206 Å². The van der Waals surface area contributed by atoms with E-state index in [2.05, 4.69) is 15.8 Å². The lowest BCUT2D eigenvalue weighted by Crippen LogP contribution is -2.10. The number of rotatable bonds is 5. The summed E-state index contributed by atoms with van der Waals surface area (Å²) in [5.74, 6) is 4.91. The Morgan fingerprint density at radius 1 is 1.12 bits per heavy atom. The molecule has 3 N–H and O–H groups in total. The second-order valence-corrected chi connectivity index (χ2v) is 8.86. The van der Waals surface area contributed by atoms with E-state index >= 15 is 0 Å². The van der Waals surface area contributed by atoms with Gasteiger partial charge in [-0.15, -0.1) is 4.99 Å². The molecule has 0 atom stereocenters. The van der Waals surface area contributed by atoms with Gasteiger partial charge in [-0.2, -0.15) is 5.90 Å². The molecule has 34 heavy (non-hydrogen) atoms. The molecule has 3 rings (SSSR count). The normalized spacial score (nSPS) is 10.6.